The highest BCUT2D eigenvalue weighted by molar-refractivity contribution is 5.67. The number of hydrogen-bond donors (Lipinski definition) is 0. The minimum Gasteiger partial charge on any atom is -0.445 e. The molecule has 6 heteroatoms. The van der Waals surface area contributed by atoms with Crippen molar-refractivity contribution in [3.8, 4) is 0 Å². The Morgan fingerprint density at radius 1 is 1.14 bits per heavy atom. The van der Waals surface area contributed by atoms with Gasteiger partial charge >= 0.3 is 6.09 Å². The van der Waals surface area contributed by atoms with Gasteiger partial charge in [-0.15, -0.1) is 0 Å². The van der Waals surface area contributed by atoms with E-state index in [-0.39, 0.29) is 18.3 Å². The molecule has 6 nitrogen and oxygen atoms in total. The van der Waals surface area contributed by atoms with Crippen molar-refractivity contribution in [2.75, 3.05) is 19.7 Å². The number of amides is 1. The second-order valence-electron chi connectivity index (χ2n) is 7.17. The van der Waals surface area contributed by atoms with Crippen LogP contribution in [-0.2, 0) is 20.8 Å². The molecule has 4 rings (SSSR count). The molecule has 1 amide bonds. The van der Waals surface area contributed by atoms with Crippen LogP contribution in [0.3, 0.4) is 0 Å². The lowest BCUT2D eigenvalue weighted by molar-refractivity contribution is -0.108. The summed E-state index contributed by atoms with van der Waals surface area (Å²) in [6.07, 6.45) is 0.717. The van der Waals surface area contributed by atoms with Gasteiger partial charge in [0.1, 0.15) is 6.61 Å². The zero-order valence-corrected chi connectivity index (χ0v) is 15.5. The van der Waals surface area contributed by atoms with Gasteiger partial charge < -0.3 is 19.1 Å². The van der Waals surface area contributed by atoms with Gasteiger partial charge in [-0.2, -0.15) is 0 Å². The zero-order valence-electron chi connectivity index (χ0n) is 15.5. The topological polar surface area (TPSA) is 52.4 Å². The Balaban J connectivity index is 1.29. The number of piperidine rings is 1. The molecule has 28 heavy (non-hydrogen) atoms. The molecule has 1 spiro atoms. The first kappa shape index (κ1) is 18.5. The molecule has 144 valence electrons. The largest absolute Gasteiger partial charge is 0.445 e. The monoisotopic (exact) mass is 378 g/mol. The Morgan fingerprint density at radius 3 is 2.54 bits per heavy atom. The van der Waals surface area contributed by atoms with Crippen LogP contribution in [0.4, 0.5) is 10.5 Å². The average molecular weight is 378 g/mol. The van der Waals surface area contributed by atoms with Crippen LogP contribution in [0, 0.1) is 6.57 Å². The van der Waals surface area contributed by atoms with Gasteiger partial charge in [0.05, 0.1) is 18.8 Å². The van der Waals surface area contributed by atoms with Crippen LogP contribution in [0.15, 0.2) is 54.6 Å². The highest BCUT2D eigenvalue weighted by atomic mass is 16.7. The summed E-state index contributed by atoms with van der Waals surface area (Å²) < 4.78 is 17.5. The van der Waals surface area contributed by atoms with Crippen molar-refractivity contribution < 1.29 is 19.0 Å². The van der Waals surface area contributed by atoms with Crippen LogP contribution in [0.2, 0.25) is 0 Å². The lowest BCUT2D eigenvalue weighted by Crippen LogP contribution is -2.48. The molecule has 0 aliphatic carbocycles. The van der Waals surface area contributed by atoms with Crippen LogP contribution >= 0.6 is 0 Å². The van der Waals surface area contributed by atoms with Gasteiger partial charge in [0.25, 0.3) is 0 Å². The van der Waals surface area contributed by atoms with Crippen molar-refractivity contribution in [2.45, 2.75) is 31.3 Å². The maximum Gasteiger partial charge on any atom is 0.410 e. The minimum absolute atomic E-state index is 0.281. The molecule has 2 heterocycles. The first-order valence-corrected chi connectivity index (χ1v) is 9.40. The van der Waals surface area contributed by atoms with Gasteiger partial charge in [-0.1, -0.05) is 54.6 Å². The number of benzene rings is 2. The van der Waals surface area contributed by atoms with E-state index in [2.05, 4.69) is 4.85 Å². The molecule has 0 saturated carbocycles. The number of ether oxygens (including phenoxy) is 3. The summed E-state index contributed by atoms with van der Waals surface area (Å²) in [6, 6.07) is 16.9. The molecule has 0 aromatic heterocycles. The molecular weight excluding hydrogens is 356 g/mol. The Bertz CT molecular complexity index is 852. The first-order chi connectivity index (χ1) is 13.7. The molecule has 0 bridgehead atoms. The fraction of sp³-hybridized carbons (Fsp3) is 0.364. The predicted molar refractivity (Wildman–Crippen MR) is 103 cm³/mol. The second kappa shape index (κ2) is 8.01. The Hall–Kier alpha value is -2.88. The maximum absolute atomic E-state index is 12.3. The number of carbonyl (C=O) groups excluding carboxylic acids is 1. The molecule has 2 fully saturated rings. The summed E-state index contributed by atoms with van der Waals surface area (Å²) in [6.45, 7) is 8.99. The van der Waals surface area contributed by atoms with Crippen molar-refractivity contribution in [1.29, 1.82) is 0 Å². The number of likely N-dealkylation sites (tertiary alicyclic amines) is 1. The number of hydrogen-bond acceptors (Lipinski definition) is 4. The molecule has 2 saturated heterocycles. The molecular formula is C22H22N2O4. The SMILES string of the molecule is [C-]#[N+]c1ccc(C2OCC3(CCN(C(=O)OCc4ccccc4)CC3)O2)cc1. The fourth-order valence-electron chi connectivity index (χ4n) is 3.56. The summed E-state index contributed by atoms with van der Waals surface area (Å²) in [5, 5.41) is 0. The lowest BCUT2D eigenvalue weighted by Gasteiger charge is -2.37. The summed E-state index contributed by atoms with van der Waals surface area (Å²) in [5.41, 5.74) is 2.12. The Morgan fingerprint density at radius 2 is 1.86 bits per heavy atom. The van der Waals surface area contributed by atoms with Crippen molar-refractivity contribution in [3.63, 3.8) is 0 Å². The standard InChI is InChI=1S/C22H22N2O4/c1-23-19-9-7-18(8-10-19)20-27-16-22(28-20)11-13-24(14-12-22)21(25)26-15-17-5-3-2-4-6-17/h2-10,20H,11-16H2. The third-order valence-electron chi connectivity index (χ3n) is 5.29. The summed E-state index contributed by atoms with van der Waals surface area (Å²) in [7, 11) is 0. The van der Waals surface area contributed by atoms with Gasteiger partial charge in [0, 0.05) is 18.7 Å². The molecule has 2 aliphatic rings. The third kappa shape index (κ3) is 4.01. The van der Waals surface area contributed by atoms with E-state index in [9.17, 15) is 4.79 Å². The van der Waals surface area contributed by atoms with E-state index in [4.69, 9.17) is 20.8 Å². The van der Waals surface area contributed by atoms with E-state index in [1.807, 2.05) is 42.5 Å². The first-order valence-electron chi connectivity index (χ1n) is 9.40. The normalized spacial score (nSPS) is 20.7. The highest BCUT2D eigenvalue weighted by Gasteiger charge is 2.44. The van der Waals surface area contributed by atoms with E-state index in [0.717, 1.165) is 11.1 Å². The lowest BCUT2D eigenvalue weighted by atomic mass is 9.92. The van der Waals surface area contributed by atoms with E-state index in [1.54, 1.807) is 17.0 Å². The van der Waals surface area contributed by atoms with Crippen LogP contribution in [0.1, 0.15) is 30.3 Å². The maximum atomic E-state index is 12.3. The summed E-state index contributed by atoms with van der Waals surface area (Å²) in [5.74, 6) is 0. The van der Waals surface area contributed by atoms with Gasteiger partial charge in [0.15, 0.2) is 12.0 Å². The smallest absolute Gasteiger partial charge is 0.410 e. The average Bonchev–Trinajstić information content (AvgIpc) is 3.17. The molecule has 0 N–H and O–H groups in total. The molecule has 1 unspecified atom stereocenters. The number of nitrogens with zero attached hydrogens (tertiary/aromatic N) is 2. The van der Waals surface area contributed by atoms with Crippen LogP contribution < -0.4 is 0 Å². The summed E-state index contributed by atoms with van der Waals surface area (Å²) >= 11 is 0. The van der Waals surface area contributed by atoms with Crippen molar-refractivity contribution in [2.24, 2.45) is 0 Å². The quantitative estimate of drug-likeness (QED) is 0.741. The second-order valence-corrected chi connectivity index (χ2v) is 7.17. The van der Waals surface area contributed by atoms with Crippen LogP contribution in [0.5, 0.6) is 0 Å². The fourth-order valence-corrected chi connectivity index (χ4v) is 3.56. The van der Waals surface area contributed by atoms with Crippen molar-refractivity contribution in [3.05, 3.63) is 77.1 Å². The van der Waals surface area contributed by atoms with E-state index in [0.29, 0.717) is 38.2 Å². The molecule has 1 atom stereocenters. The molecule has 2 aliphatic heterocycles. The Kier molecular flexibility index (Phi) is 5.29. The minimum atomic E-state index is -0.420. The van der Waals surface area contributed by atoms with E-state index in [1.165, 1.54) is 0 Å². The number of carbonyl (C=O) groups is 1. The van der Waals surface area contributed by atoms with Crippen molar-refractivity contribution in [1.82, 2.24) is 4.90 Å². The summed E-state index contributed by atoms with van der Waals surface area (Å²) in [4.78, 5) is 17.5. The van der Waals surface area contributed by atoms with Crippen LogP contribution in [-0.4, -0.2) is 36.3 Å². The zero-order chi connectivity index (χ0) is 19.4. The molecule has 2 aromatic rings. The van der Waals surface area contributed by atoms with E-state index >= 15 is 0 Å². The molecule has 0 radical (unpaired) electrons. The number of rotatable bonds is 3. The van der Waals surface area contributed by atoms with Gasteiger partial charge in [-0.05, 0) is 18.4 Å². The van der Waals surface area contributed by atoms with Gasteiger partial charge in [-0.3, -0.25) is 0 Å². The third-order valence-corrected chi connectivity index (χ3v) is 5.29. The highest BCUT2D eigenvalue weighted by Crippen LogP contribution is 2.40. The van der Waals surface area contributed by atoms with Gasteiger partial charge in [-0.25, -0.2) is 9.64 Å². The molecule has 2 aromatic carbocycles. The van der Waals surface area contributed by atoms with Crippen LogP contribution in [0.25, 0.3) is 4.85 Å². The Labute approximate surface area is 164 Å². The van der Waals surface area contributed by atoms with Gasteiger partial charge in [0.2, 0.25) is 0 Å². The van der Waals surface area contributed by atoms with Crippen molar-refractivity contribution >= 4 is 11.8 Å². The predicted octanol–water partition coefficient (Wildman–Crippen LogP) is 4.45. The van der Waals surface area contributed by atoms with E-state index < -0.39 is 6.29 Å².